The van der Waals surface area contributed by atoms with Crippen molar-refractivity contribution in [3.05, 3.63) is 52.5 Å². The molecule has 0 unspecified atom stereocenters. The molecule has 0 radical (unpaired) electrons. The van der Waals surface area contributed by atoms with E-state index in [2.05, 4.69) is 10.5 Å². The third-order valence-electron chi connectivity index (χ3n) is 3.32. The second-order valence-corrected chi connectivity index (χ2v) is 5.76. The number of rotatable bonds is 8. The normalized spacial score (nSPS) is 10.7. The minimum absolute atomic E-state index is 0.125. The van der Waals surface area contributed by atoms with Crippen LogP contribution in [0.25, 0.3) is 0 Å². The highest BCUT2D eigenvalue weighted by atomic mass is 35.5. The van der Waals surface area contributed by atoms with E-state index in [9.17, 15) is 9.90 Å². The summed E-state index contributed by atoms with van der Waals surface area (Å²) in [6, 6.07) is 9.92. The zero-order valence-electron chi connectivity index (χ0n) is 14.7. The summed E-state index contributed by atoms with van der Waals surface area (Å²) in [6.45, 7) is 4.85. The van der Waals surface area contributed by atoms with Gasteiger partial charge in [0.25, 0.3) is 5.91 Å². The van der Waals surface area contributed by atoms with Crippen molar-refractivity contribution in [2.75, 3.05) is 13.2 Å². The zero-order chi connectivity index (χ0) is 18.9. The maximum absolute atomic E-state index is 12.1. The van der Waals surface area contributed by atoms with Gasteiger partial charge < -0.3 is 14.6 Å². The number of phenolic OH excluding ortho intramolecular Hbond substituents is 1. The molecule has 0 fully saturated rings. The Hall–Kier alpha value is -2.73. The Balaban J connectivity index is 2.00. The van der Waals surface area contributed by atoms with Gasteiger partial charge in [-0.3, -0.25) is 4.79 Å². The topological polar surface area (TPSA) is 80.2 Å². The van der Waals surface area contributed by atoms with E-state index >= 15 is 0 Å². The lowest BCUT2D eigenvalue weighted by atomic mass is 10.2. The molecule has 1 amide bonds. The van der Waals surface area contributed by atoms with E-state index in [0.29, 0.717) is 30.1 Å². The van der Waals surface area contributed by atoms with Crippen LogP contribution in [0.1, 0.15) is 36.2 Å². The molecular weight excluding hydrogens is 356 g/mol. The third kappa shape index (κ3) is 5.39. The highest BCUT2D eigenvalue weighted by Gasteiger charge is 2.09. The number of aromatic hydroxyl groups is 1. The molecule has 0 saturated heterocycles. The fraction of sp³-hybridized carbons (Fsp3) is 0.263. The Morgan fingerprint density at radius 3 is 2.62 bits per heavy atom. The standard InChI is InChI=1S/C19H21ClN2O4/c1-3-9-26-15-7-5-14(6-8-15)19(24)22-21-12-13-10-16(20)18(23)17(11-13)25-4-2/h5-8,10-12,23H,3-4,9H2,1-2H3,(H,22,24)/b21-12-. The molecule has 6 nitrogen and oxygen atoms in total. The van der Waals surface area contributed by atoms with Gasteiger partial charge in [-0.05, 0) is 55.3 Å². The first-order valence-electron chi connectivity index (χ1n) is 8.26. The van der Waals surface area contributed by atoms with Crippen LogP contribution in [0.2, 0.25) is 5.02 Å². The van der Waals surface area contributed by atoms with E-state index in [1.54, 1.807) is 37.3 Å². The molecule has 138 valence electrons. The van der Waals surface area contributed by atoms with Crippen LogP contribution in [0.15, 0.2) is 41.5 Å². The van der Waals surface area contributed by atoms with Gasteiger partial charge in [0, 0.05) is 5.56 Å². The Morgan fingerprint density at radius 1 is 1.23 bits per heavy atom. The second-order valence-electron chi connectivity index (χ2n) is 5.35. The second kappa shape index (κ2) is 9.68. The highest BCUT2D eigenvalue weighted by molar-refractivity contribution is 6.32. The van der Waals surface area contributed by atoms with Crippen LogP contribution >= 0.6 is 11.6 Å². The summed E-state index contributed by atoms with van der Waals surface area (Å²) < 4.78 is 10.8. The Bertz CT molecular complexity index is 776. The van der Waals surface area contributed by atoms with E-state index in [-0.39, 0.29) is 22.4 Å². The van der Waals surface area contributed by atoms with Crippen molar-refractivity contribution in [3.63, 3.8) is 0 Å². The predicted octanol–water partition coefficient (Wildman–Crippen LogP) is 4.00. The number of hydrazone groups is 1. The van der Waals surface area contributed by atoms with Gasteiger partial charge in [0.1, 0.15) is 5.75 Å². The van der Waals surface area contributed by atoms with Crippen molar-refractivity contribution in [2.24, 2.45) is 5.10 Å². The molecule has 7 heteroatoms. The van der Waals surface area contributed by atoms with Gasteiger partial charge >= 0.3 is 0 Å². The average Bonchev–Trinajstić information content (AvgIpc) is 2.64. The molecule has 0 aliphatic carbocycles. The largest absolute Gasteiger partial charge is 0.503 e. The maximum atomic E-state index is 12.1. The molecule has 0 aliphatic rings. The van der Waals surface area contributed by atoms with E-state index in [1.165, 1.54) is 12.3 Å². The molecule has 2 aromatic rings. The number of amides is 1. The quantitative estimate of drug-likeness (QED) is 0.539. The minimum atomic E-state index is -0.349. The molecule has 0 aliphatic heterocycles. The van der Waals surface area contributed by atoms with Crippen LogP contribution in [0.3, 0.4) is 0 Å². The molecule has 2 aromatic carbocycles. The predicted molar refractivity (Wildman–Crippen MR) is 102 cm³/mol. The van der Waals surface area contributed by atoms with E-state index < -0.39 is 0 Å². The molecule has 0 atom stereocenters. The number of carbonyl (C=O) groups excluding carboxylic acids is 1. The van der Waals surface area contributed by atoms with Gasteiger partial charge in [-0.25, -0.2) is 5.43 Å². The number of hydrogen-bond acceptors (Lipinski definition) is 5. The molecule has 0 heterocycles. The molecule has 0 saturated carbocycles. The van der Waals surface area contributed by atoms with Crippen molar-refractivity contribution in [1.29, 1.82) is 0 Å². The first-order chi connectivity index (χ1) is 12.5. The van der Waals surface area contributed by atoms with Crippen molar-refractivity contribution in [2.45, 2.75) is 20.3 Å². The molecule has 0 bridgehead atoms. The van der Waals surface area contributed by atoms with E-state index in [0.717, 1.165) is 6.42 Å². The van der Waals surface area contributed by atoms with Crippen LogP contribution in [0.5, 0.6) is 17.2 Å². The van der Waals surface area contributed by atoms with Gasteiger partial charge in [0.15, 0.2) is 11.5 Å². The molecule has 2 rings (SSSR count). The van der Waals surface area contributed by atoms with Gasteiger partial charge in [-0.2, -0.15) is 5.10 Å². The molecule has 0 spiro atoms. The fourth-order valence-electron chi connectivity index (χ4n) is 2.09. The summed E-state index contributed by atoms with van der Waals surface area (Å²) in [5.74, 6) is 0.503. The van der Waals surface area contributed by atoms with Crippen LogP contribution < -0.4 is 14.9 Å². The number of benzene rings is 2. The molecular formula is C19H21ClN2O4. The first-order valence-corrected chi connectivity index (χ1v) is 8.64. The Morgan fingerprint density at radius 2 is 1.96 bits per heavy atom. The lowest BCUT2D eigenvalue weighted by Gasteiger charge is -2.08. The summed E-state index contributed by atoms with van der Waals surface area (Å²) in [6.07, 6.45) is 2.34. The lowest BCUT2D eigenvalue weighted by molar-refractivity contribution is 0.0955. The fourth-order valence-corrected chi connectivity index (χ4v) is 2.31. The van der Waals surface area contributed by atoms with E-state index in [4.69, 9.17) is 21.1 Å². The van der Waals surface area contributed by atoms with Crippen LogP contribution in [-0.2, 0) is 0 Å². The number of nitrogens with one attached hydrogen (secondary N) is 1. The number of carbonyl (C=O) groups is 1. The third-order valence-corrected chi connectivity index (χ3v) is 3.61. The van der Waals surface area contributed by atoms with Gasteiger partial charge in [0.05, 0.1) is 24.5 Å². The molecule has 26 heavy (non-hydrogen) atoms. The summed E-state index contributed by atoms with van der Waals surface area (Å²) in [7, 11) is 0. The van der Waals surface area contributed by atoms with Gasteiger partial charge in [-0.1, -0.05) is 18.5 Å². The Labute approximate surface area is 157 Å². The highest BCUT2D eigenvalue weighted by Crippen LogP contribution is 2.34. The van der Waals surface area contributed by atoms with Crippen LogP contribution in [-0.4, -0.2) is 30.4 Å². The summed E-state index contributed by atoms with van der Waals surface area (Å²) >= 11 is 5.95. The SMILES string of the molecule is CCCOc1ccc(C(=O)N/N=C\c2cc(Cl)c(O)c(OCC)c2)cc1. The van der Waals surface area contributed by atoms with Gasteiger partial charge in [-0.15, -0.1) is 0 Å². The van der Waals surface area contributed by atoms with Crippen molar-refractivity contribution in [1.82, 2.24) is 5.43 Å². The number of nitrogens with zero attached hydrogens (tertiary/aromatic N) is 1. The number of halogens is 1. The Kier molecular flexibility index (Phi) is 7.29. The minimum Gasteiger partial charge on any atom is -0.503 e. The van der Waals surface area contributed by atoms with Crippen LogP contribution in [0, 0.1) is 0 Å². The molecule has 0 aromatic heterocycles. The average molecular weight is 377 g/mol. The van der Waals surface area contributed by atoms with Crippen LogP contribution in [0.4, 0.5) is 0 Å². The molecule has 2 N–H and O–H groups in total. The summed E-state index contributed by atoms with van der Waals surface area (Å²) in [5, 5.41) is 13.9. The lowest BCUT2D eigenvalue weighted by Crippen LogP contribution is -2.17. The smallest absolute Gasteiger partial charge is 0.271 e. The number of ether oxygens (including phenoxy) is 2. The number of phenols is 1. The van der Waals surface area contributed by atoms with Crippen molar-refractivity contribution < 1.29 is 19.4 Å². The van der Waals surface area contributed by atoms with Gasteiger partial charge in [0.2, 0.25) is 0 Å². The number of hydrogen-bond donors (Lipinski definition) is 2. The summed E-state index contributed by atoms with van der Waals surface area (Å²) in [4.78, 5) is 12.1. The monoisotopic (exact) mass is 376 g/mol. The van der Waals surface area contributed by atoms with Crippen molar-refractivity contribution >= 4 is 23.7 Å². The summed E-state index contributed by atoms with van der Waals surface area (Å²) in [5.41, 5.74) is 3.48. The first kappa shape index (κ1) is 19.6. The van der Waals surface area contributed by atoms with E-state index in [1.807, 2.05) is 6.92 Å². The zero-order valence-corrected chi connectivity index (χ0v) is 15.4. The maximum Gasteiger partial charge on any atom is 0.271 e. The van der Waals surface area contributed by atoms with Crippen molar-refractivity contribution in [3.8, 4) is 17.2 Å².